The lowest BCUT2D eigenvalue weighted by atomic mass is 10.1. The molecule has 0 spiro atoms. The van der Waals surface area contributed by atoms with Gasteiger partial charge in [-0.2, -0.15) is 0 Å². The first-order valence-corrected chi connectivity index (χ1v) is 6.16. The van der Waals surface area contributed by atoms with Crippen LogP contribution >= 0.6 is 27.3 Å². The van der Waals surface area contributed by atoms with Gasteiger partial charge in [-0.15, -0.1) is 23.7 Å². The lowest BCUT2D eigenvalue weighted by molar-refractivity contribution is 0.567. The summed E-state index contributed by atoms with van der Waals surface area (Å²) in [5, 5.41) is 3.29. The van der Waals surface area contributed by atoms with Crippen molar-refractivity contribution >= 4 is 27.3 Å². The van der Waals surface area contributed by atoms with Gasteiger partial charge in [-0.3, -0.25) is 0 Å². The van der Waals surface area contributed by atoms with E-state index in [0.29, 0.717) is 6.04 Å². The minimum absolute atomic E-state index is 0.390. The third kappa shape index (κ3) is 2.84. The van der Waals surface area contributed by atoms with Crippen molar-refractivity contribution in [3.8, 4) is 12.3 Å². The molecule has 1 aromatic rings. The van der Waals surface area contributed by atoms with Crippen LogP contribution in [0.1, 0.15) is 29.3 Å². The Kier molecular flexibility index (Phi) is 4.67. The van der Waals surface area contributed by atoms with Crippen LogP contribution < -0.4 is 5.32 Å². The minimum atomic E-state index is 0.390. The molecule has 1 atom stereocenters. The molecule has 0 amide bonds. The zero-order valence-corrected chi connectivity index (χ0v) is 10.8. The van der Waals surface area contributed by atoms with Crippen LogP contribution in [0, 0.1) is 19.3 Å². The summed E-state index contributed by atoms with van der Waals surface area (Å²) in [6.45, 7) is 2.11. The monoisotopic (exact) mass is 271 g/mol. The first-order valence-electron chi connectivity index (χ1n) is 4.55. The van der Waals surface area contributed by atoms with Gasteiger partial charge < -0.3 is 5.32 Å². The standard InChI is InChI=1S/C11H14BrNS/c1-4-5-6-9(13-3)10-7-8(2)11(12)14-10/h1,7,9,13H,5-6H2,2-3H3. The van der Waals surface area contributed by atoms with Gasteiger partial charge in [0.05, 0.1) is 3.79 Å². The summed E-state index contributed by atoms with van der Waals surface area (Å²) in [6, 6.07) is 2.60. The second-order valence-electron chi connectivity index (χ2n) is 3.19. The van der Waals surface area contributed by atoms with Crippen LogP contribution in [-0.2, 0) is 0 Å². The fraction of sp³-hybridized carbons (Fsp3) is 0.455. The molecule has 14 heavy (non-hydrogen) atoms. The van der Waals surface area contributed by atoms with Crippen LogP contribution in [0.15, 0.2) is 9.85 Å². The van der Waals surface area contributed by atoms with Crippen LogP contribution in [0.5, 0.6) is 0 Å². The van der Waals surface area contributed by atoms with E-state index in [0.717, 1.165) is 12.8 Å². The van der Waals surface area contributed by atoms with Crippen molar-refractivity contribution in [2.24, 2.45) is 0 Å². The van der Waals surface area contributed by atoms with E-state index in [-0.39, 0.29) is 0 Å². The zero-order chi connectivity index (χ0) is 10.6. The number of halogens is 1. The smallest absolute Gasteiger partial charge is 0.0731 e. The van der Waals surface area contributed by atoms with Crippen LogP contribution in [0.3, 0.4) is 0 Å². The number of aryl methyl sites for hydroxylation is 1. The van der Waals surface area contributed by atoms with Crippen LogP contribution in [0.4, 0.5) is 0 Å². The summed E-state index contributed by atoms with van der Waals surface area (Å²) < 4.78 is 1.22. The van der Waals surface area contributed by atoms with E-state index in [1.165, 1.54) is 14.2 Å². The molecule has 0 saturated carbocycles. The highest BCUT2D eigenvalue weighted by atomic mass is 79.9. The van der Waals surface area contributed by atoms with Gasteiger partial charge in [0.15, 0.2) is 0 Å². The summed E-state index contributed by atoms with van der Waals surface area (Å²) in [4.78, 5) is 1.35. The van der Waals surface area contributed by atoms with E-state index >= 15 is 0 Å². The first kappa shape index (κ1) is 11.8. The van der Waals surface area contributed by atoms with Gasteiger partial charge in [0.1, 0.15) is 0 Å². The maximum Gasteiger partial charge on any atom is 0.0731 e. The minimum Gasteiger partial charge on any atom is -0.312 e. The quantitative estimate of drug-likeness (QED) is 0.827. The predicted molar refractivity (Wildman–Crippen MR) is 66.6 cm³/mol. The van der Waals surface area contributed by atoms with Crippen LogP contribution in [0.25, 0.3) is 0 Å². The molecule has 3 heteroatoms. The Morgan fingerprint density at radius 2 is 2.43 bits per heavy atom. The van der Waals surface area contributed by atoms with Gasteiger partial charge in [0.2, 0.25) is 0 Å². The molecule has 1 rings (SSSR count). The topological polar surface area (TPSA) is 12.0 Å². The van der Waals surface area contributed by atoms with Crippen molar-refractivity contribution in [2.45, 2.75) is 25.8 Å². The molecule has 0 saturated heterocycles. The summed E-state index contributed by atoms with van der Waals surface area (Å²) in [6.07, 6.45) is 7.08. The summed E-state index contributed by atoms with van der Waals surface area (Å²) >= 11 is 5.32. The maximum atomic E-state index is 5.26. The lowest BCUT2D eigenvalue weighted by Crippen LogP contribution is -2.14. The molecule has 1 unspecified atom stereocenters. The van der Waals surface area contributed by atoms with E-state index in [1.807, 2.05) is 7.05 Å². The highest BCUT2D eigenvalue weighted by molar-refractivity contribution is 9.11. The van der Waals surface area contributed by atoms with Crippen LogP contribution in [-0.4, -0.2) is 7.05 Å². The number of thiophene rings is 1. The molecular weight excluding hydrogens is 258 g/mol. The summed E-state index contributed by atoms with van der Waals surface area (Å²) in [7, 11) is 1.98. The number of hydrogen-bond acceptors (Lipinski definition) is 2. The van der Waals surface area contributed by atoms with Gasteiger partial charge in [-0.25, -0.2) is 0 Å². The van der Waals surface area contributed by atoms with Crippen molar-refractivity contribution in [2.75, 3.05) is 7.05 Å². The molecule has 1 heterocycles. The predicted octanol–water partition coefficient (Wildman–Crippen LogP) is 3.49. The number of hydrogen-bond donors (Lipinski definition) is 1. The third-order valence-corrected chi connectivity index (χ3v) is 4.40. The van der Waals surface area contributed by atoms with E-state index < -0.39 is 0 Å². The normalized spacial score (nSPS) is 12.4. The molecular formula is C11H14BrNS. The Morgan fingerprint density at radius 1 is 1.71 bits per heavy atom. The molecule has 0 aliphatic rings. The second kappa shape index (κ2) is 5.55. The average molecular weight is 272 g/mol. The van der Waals surface area contributed by atoms with Gasteiger partial charge in [0, 0.05) is 17.3 Å². The molecule has 0 radical (unpaired) electrons. The zero-order valence-electron chi connectivity index (χ0n) is 8.43. The molecule has 0 aromatic carbocycles. The molecule has 0 aliphatic carbocycles. The SMILES string of the molecule is C#CCCC(NC)c1cc(C)c(Br)s1. The van der Waals surface area contributed by atoms with E-state index in [2.05, 4.69) is 40.2 Å². The van der Waals surface area contributed by atoms with Gasteiger partial charge in [-0.1, -0.05) is 0 Å². The fourth-order valence-corrected chi connectivity index (χ4v) is 3.03. The van der Waals surface area contributed by atoms with E-state index in [1.54, 1.807) is 11.3 Å². The molecule has 1 N–H and O–H groups in total. The molecule has 1 nitrogen and oxygen atoms in total. The van der Waals surface area contributed by atoms with Crippen molar-refractivity contribution < 1.29 is 0 Å². The summed E-state index contributed by atoms with van der Waals surface area (Å²) in [5.74, 6) is 2.68. The molecule has 0 aliphatic heterocycles. The highest BCUT2D eigenvalue weighted by Gasteiger charge is 2.12. The Morgan fingerprint density at radius 3 is 2.86 bits per heavy atom. The second-order valence-corrected chi connectivity index (χ2v) is 5.59. The summed E-state index contributed by atoms with van der Waals surface area (Å²) in [5.41, 5.74) is 1.30. The van der Waals surface area contributed by atoms with Gasteiger partial charge in [0.25, 0.3) is 0 Å². The maximum absolute atomic E-state index is 5.26. The van der Waals surface area contributed by atoms with Crippen molar-refractivity contribution in [1.82, 2.24) is 5.32 Å². The number of rotatable bonds is 4. The molecule has 0 fully saturated rings. The molecule has 0 bridgehead atoms. The average Bonchev–Trinajstić information content (AvgIpc) is 2.48. The van der Waals surface area contributed by atoms with Crippen molar-refractivity contribution in [3.05, 3.63) is 20.3 Å². The van der Waals surface area contributed by atoms with Gasteiger partial charge >= 0.3 is 0 Å². The molecule has 1 aromatic heterocycles. The van der Waals surface area contributed by atoms with E-state index in [4.69, 9.17) is 6.42 Å². The largest absolute Gasteiger partial charge is 0.312 e. The van der Waals surface area contributed by atoms with E-state index in [9.17, 15) is 0 Å². The number of nitrogens with one attached hydrogen (secondary N) is 1. The lowest BCUT2D eigenvalue weighted by Gasteiger charge is -2.12. The Balaban J connectivity index is 2.74. The first-order chi connectivity index (χ1) is 6.69. The van der Waals surface area contributed by atoms with Gasteiger partial charge in [-0.05, 0) is 48.0 Å². The third-order valence-electron chi connectivity index (χ3n) is 2.15. The molecule has 76 valence electrons. The Labute approximate surface area is 98.0 Å². The van der Waals surface area contributed by atoms with Crippen molar-refractivity contribution in [1.29, 1.82) is 0 Å². The van der Waals surface area contributed by atoms with Crippen LogP contribution in [0.2, 0.25) is 0 Å². The van der Waals surface area contributed by atoms with Crippen molar-refractivity contribution in [3.63, 3.8) is 0 Å². The fourth-order valence-electron chi connectivity index (χ4n) is 1.31. The Bertz CT molecular complexity index is 318. The Hall–Kier alpha value is -0.300. The highest BCUT2D eigenvalue weighted by Crippen LogP contribution is 2.32. The number of terminal acetylenes is 1.